The molecule has 2 aliphatic rings. The fourth-order valence-electron chi connectivity index (χ4n) is 2.51. The molecule has 0 aliphatic heterocycles. The largest absolute Gasteiger partial charge is 0.355 e. The molecule has 0 saturated carbocycles. The van der Waals surface area contributed by atoms with Crippen molar-refractivity contribution in [3.05, 3.63) is 72.3 Å². The van der Waals surface area contributed by atoms with Crippen LogP contribution in [-0.2, 0) is 5.41 Å². The molecule has 0 aromatic heterocycles. The molecule has 0 radical (unpaired) electrons. The van der Waals surface area contributed by atoms with Crippen molar-refractivity contribution in [2.75, 3.05) is 5.32 Å². The van der Waals surface area contributed by atoms with Crippen molar-refractivity contribution in [1.82, 2.24) is 0 Å². The van der Waals surface area contributed by atoms with Crippen LogP contribution in [0.15, 0.2) is 66.7 Å². The maximum Gasteiger partial charge on any atom is 0.0396 e. The van der Waals surface area contributed by atoms with Crippen LogP contribution in [0.3, 0.4) is 0 Å². The van der Waals surface area contributed by atoms with Crippen molar-refractivity contribution in [3.8, 4) is 11.1 Å². The third kappa shape index (κ3) is 3.08. The first-order valence-electron chi connectivity index (χ1n) is 7.39. The normalized spacial score (nSPS) is 11.6. The lowest BCUT2D eigenvalue weighted by Gasteiger charge is -2.19. The summed E-state index contributed by atoms with van der Waals surface area (Å²) >= 11 is 0. The van der Waals surface area contributed by atoms with Gasteiger partial charge in [0.15, 0.2) is 0 Å². The molecular weight excluding hydrogens is 254 g/mol. The van der Waals surface area contributed by atoms with E-state index in [0.29, 0.717) is 0 Å². The van der Waals surface area contributed by atoms with Gasteiger partial charge in [-0.3, -0.25) is 0 Å². The fraction of sp³-hybridized carbons (Fsp3) is 0.200. The average molecular weight is 275 g/mol. The summed E-state index contributed by atoms with van der Waals surface area (Å²) < 4.78 is 0. The average Bonchev–Trinajstić information content (AvgIpc) is 2.67. The van der Waals surface area contributed by atoms with E-state index in [1.54, 1.807) is 0 Å². The third-order valence-electron chi connectivity index (χ3n) is 3.77. The zero-order chi connectivity index (χ0) is 14.9. The van der Waals surface area contributed by atoms with Gasteiger partial charge in [-0.1, -0.05) is 63.2 Å². The Bertz CT molecular complexity index is 674. The molecule has 3 rings (SSSR count). The van der Waals surface area contributed by atoms with E-state index in [1.807, 2.05) is 0 Å². The minimum Gasteiger partial charge on any atom is -0.355 e. The van der Waals surface area contributed by atoms with Crippen molar-refractivity contribution >= 4 is 11.4 Å². The highest BCUT2D eigenvalue weighted by molar-refractivity contribution is 5.77. The standard InChI is InChI=1S/C20H21N/c1-20(2,3)17-9-11-18(12-10-17)21-19-13-15-7-5-4-6-8-16(15)14-19/h4-14,21H,1-3H3. The number of rotatable bonds is 2. The van der Waals surface area contributed by atoms with Gasteiger partial charge in [0.2, 0.25) is 0 Å². The molecule has 0 atom stereocenters. The zero-order valence-corrected chi connectivity index (χ0v) is 12.9. The van der Waals surface area contributed by atoms with E-state index in [-0.39, 0.29) is 5.41 Å². The molecular formula is C20H21N. The van der Waals surface area contributed by atoms with E-state index >= 15 is 0 Å². The van der Waals surface area contributed by atoms with Crippen molar-refractivity contribution < 1.29 is 0 Å². The Hall–Kier alpha value is -2.28. The Morgan fingerprint density at radius 1 is 0.667 bits per heavy atom. The van der Waals surface area contributed by atoms with Gasteiger partial charge in [0, 0.05) is 11.4 Å². The second kappa shape index (κ2) is 5.25. The van der Waals surface area contributed by atoms with Gasteiger partial charge in [-0.05, 0) is 46.4 Å². The Balaban J connectivity index is 1.84. The number of anilines is 2. The number of nitrogens with one attached hydrogen (secondary N) is 1. The monoisotopic (exact) mass is 275 g/mol. The van der Waals surface area contributed by atoms with Crippen molar-refractivity contribution in [1.29, 1.82) is 0 Å². The molecule has 0 spiro atoms. The number of hydrogen-bond acceptors (Lipinski definition) is 1. The Labute approximate surface area is 127 Å². The van der Waals surface area contributed by atoms with Gasteiger partial charge >= 0.3 is 0 Å². The summed E-state index contributed by atoms with van der Waals surface area (Å²) in [6, 6.07) is 23.6. The second-order valence-electron chi connectivity index (χ2n) is 6.52. The third-order valence-corrected chi connectivity index (χ3v) is 3.77. The van der Waals surface area contributed by atoms with Gasteiger partial charge in [-0.25, -0.2) is 0 Å². The number of hydrogen-bond donors (Lipinski definition) is 1. The highest BCUT2D eigenvalue weighted by Gasteiger charge is 2.13. The summed E-state index contributed by atoms with van der Waals surface area (Å²) in [6.45, 7) is 6.71. The molecule has 1 N–H and O–H groups in total. The molecule has 106 valence electrons. The summed E-state index contributed by atoms with van der Waals surface area (Å²) in [5.74, 6) is 0. The van der Waals surface area contributed by atoms with Gasteiger partial charge in [-0.15, -0.1) is 0 Å². The van der Waals surface area contributed by atoms with Crippen LogP contribution >= 0.6 is 0 Å². The summed E-state index contributed by atoms with van der Waals surface area (Å²) in [4.78, 5) is 0. The lowest BCUT2D eigenvalue weighted by Crippen LogP contribution is -2.10. The highest BCUT2D eigenvalue weighted by Crippen LogP contribution is 2.31. The van der Waals surface area contributed by atoms with Crippen LogP contribution in [-0.4, -0.2) is 0 Å². The van der Waals surface area contributed by atoms with Crippen LogP contribution in [0.25, 0.3) is 11.1 Å². The van der Waals surface area contributed by atoms with Crippen LogP contribution in [0.2, 0.25) is 0 Å². The first kappa shape index (κ1) is 13.7. The van der Waals surface area contributed by atoms with Gasteiger partial charge in [0.05, 0.1) is 0 Å². The van der Waals surface area contributed by atoms with Gasteiger partial charge in [0.25, 0.3) is 0 Å². The molecule has 0 heterocycles. The maximum absolute atomic E-state index is 3.48. The van der Waals surface area contributed by atoms with E-state index < -0.39 is 0 Å². The second-order valence-corrected chi connectivity index (χ2v) is 6.52. The van der Waals surface area contributed by atoms with Crippen LogP contribution in [0.5, 0.6) is 0 Å². The Kier molecular flexibility index (Phi) is 3.42. The molecule has 0 saturated heterocycles. The lowest BCUT2D eigenvalue weighted by atomic mass is 9.87. The summed E-state index contributed by atoms with van der Waals surface area (Å²) in [5.41, 5.74) is 6.33. The molecule has 2 aliphatic carbocycles. The quantitative estimate of drug-likeness (QED) is 0.620. The molecule has 0 fully saturated rings. The molecule has 1 aromatic rings. The molecule has 1 aromatic carbocycles. The molecule has 1 nitrogen and oxygen atoms in total. The van der Waals surface area contributed by atoms with Crippen LogP contribution in [0.1, 0.15) is 26.3 Å². The summed E-state index contributed by atoms with van der Waals surface area (Å²) in [5, 5.41) is 3.48. The van der Waals surface area contributed by atoms with Crippen molar-refractivity contribution in [2.45, 2.75) is 26.2 Å². The zero-order valence-electron chi connectivity index (χ0n) is 12.9. The van der Waals surface area contributed by atoms with E-state index in [1.165, 1.54) is 16.7 Å². The number of benzene rings is 1. The van der Waals surface area contributed by atoms with Crippen LogP contribution in [0, 0.1) is 0 Å². The molecule has 0 amide bonds. The maximum atomic E-state index is 3.48. The predicted molar refractivity (Wildman–Crippen MR) is 91.5 cm³/mol. The Morgan fingerprint density at radius 2 is 1.24 bits per heavy atom. The lowest BCUT2D eigenvalue weighted by molar-refractivity contribution is 0.590. The number of fused-ring (bicyclic) bond motifs is 1. The topological polar surface area (TPSA) is 12.0 Å². The highest BCUT2D eigenvalue weighted by atomic mass is 14.9. The van der Waals surface area contributed by atoms with Crippen molar-refractivity contribution in [3.63, 3.8) is 0 Å². The Morgan fingerprint density at radius 3 is 1.76 bits per heavy atom. The molecule has 21 heavy (non-hydrogen) atoms. The van der Waals surface area contributed by atoms with Crippen LogP contribution in [0.4, 0.5) is 11.4 Å². The summed E-state index contributed by atoms with van der Waals surface area (Å²) in [7, 11) is 0. The van der Waals surface area contributed by atoms with Crippen LogP contribution < -0.4 is 5.32 Å². The molecule has 0 unspecified atom stereocenters. The molecule has 0 bridgehead atoms. The van der Waals surface area contributed by atoms with Gasteiger partial charge in [0.1, 0.15) is 0 Å². The van der Waals surface area contributed by atoms with E-state index in [9.17, 15) is 0 Å². The fourth-order valence-corrected chi connectivity index (χ4v) is 2.51. The minimum absolute atomic E-state index is 0.197. The van der Waals surface area contributed by atoms with E-state index in [4.69, 9.17) is 0 Å². The van der Waals surface area contributed by atoms with E-state index in [0.717, 1.165) is 11.4 Å². The van der Waals surface area contributed by atoms with Gasteiger partial charge in [-0.2, -0.15) is 0 Å². The minimum atomic E-state index is 0.197. The van der Waals surface area contributed by atoms with E-state index in [2.05, 4.69) is 92.8 Å². The van der Waals surface area contributed by atoms with Gasteiger partial charge < -0.3 is 5.32 Å². The summed E-state index contributed by atoms with van der Waals surface area (Å²) in [6.07, 6.45) is 0. The first-order valence-corrected chi connectivity index (χ1v) is 7.39. The predicted octanol–water partition coefficient (Wildman–Crippen LogP) is 5.83. The first-order chi connectivity index (χ1) is 10.0. The SMILES string of the molecule is CC(C)(C)c1ccc(Nc2cc3cccccc-3c2)cc1. The molecule has 1 heteroatoms. The smallest absolute Gasteiger partial charge is 0.0396 e. The van der Waals surface area contributed by atoms with Crippen molar-refractivity contribution in [2.24, 2.45) is 0 Å².